The Morgan fingerprint density at radius 2 is 1.68 bits per heavy atom. The molecule has 0 radical (unpaired) electrons. The first-order valence-corrected chi connectivity index (χ1v) is 11.4. The molecule has 178 valence electrons. The van der Waals surface area contributed by atoms with E-state index in [1.165, 1.54) is 17.0 Å². The average Bonchev–Trinajstić information content (AvgIpc) is 2.82. The van der Waals surface area contributed by atoms with Crippen molar-refractivity contribution in [3.05, 3.63) is 101 Å². The average molecular weight is 463 g/mol. The maximum atomic E-state index is 13.5. The van der Waals surface area contributed by atoms with Crippen molar-refractivity contribution in [2.45, 2.75) is 39.8 Å². The summed E-state index contributed by atoms with van der Waals surface area (Å²) in [6.07, 6.45) is 0.350. The predicted octanol–water partition coefficient (Wildman–Crippen LogP) is 4.60. The molecule has 0 aliphatic carbocycles. The van der Waals surface area contributed by atoms with E-state index >= 15 is 0 Å². The second-order valence-corrected chi connectivity index (χ2v) is 8.31. The molecule has 3 rings (SSSR count). The quantitative estimate of drug-likeness (QED) is 0.479. The number of halogens is 1. The maximum absolute atomic E-state index is 13.5. The highest BCUT2D eigenvalue weighted by Crippen LogP contribution is 2.20. The van der Waals surface area contributed by atoms with Crippen LogP contribution in [0.4, 0.5) is 4.39 Å². The van der Waals surface area contributed by atoms with Crippen LogP contribution in [0, 0.1) is 19.7 Å². The van der Waals surface area contributed by atoms with Crippen molar-refractivity contribution >= 4 is 11.8 Å². The Kier molecular flexibility index (Phi) is 8.79. The number of benzene rings is 3. The minimum atomic E-state index is -0.748. The summed E-state index contributed by atoms with van der Waals surface area (Å²) < 4.78 is 19.3. The lowest BCUT2D eigenvalue weighted by Gasteiger charge is -2.31. The minimum Gasteiger partial charge on any atom is -0.483 e. The number of carbonyl (C=O) groups excluding carboxylic acids is 2. The highest BCUT2D eigenvalue weighted by Gasteiger charge is 2.30. The van der Waals surface area contributed by atoms with Gasteiger partial charge in [-0.2, -0.15) is 0 Å². The highest BCUT2D eigenvalue weighted by molar-refractivity contribution is 5.88. The molecule has 5 nitrogen and oxygen atoms in total. The monoisotopic (exact) mass is 462 g/mol. The van der Waals surface area contributed by atoms with Gasteiger partial charge in [-0.1, -0.05) is 60.2 Å². The molecule has 3 aromatic rings. The molecule has 0 saturated carbocycles. The van der Waals surface area contributed by atoms with Gasteiger partial charge in [0.1, 0.15) is 17.6 Å². The summed E-state index contributed by atoms with van der Waals surface area (Å²) in [5, 5.41) is 2.85. The molecule has 6 heteroatoms. The van der Waals surface area contributed by atoms with E-state index in [0.717, 1.165) is 22.3 Å². The number of carbonyl (C=O) groups is 2. The molecule has 0 bridgehead atoms. The predicted molar refractivity (Wildman–Crippen MR) is 131 cm³/mol. The van der Waals surface area contributed by atoms with E-state index < -0.39 is 6.04 Å². The van der Waals surface area contributed by atoms with E-state index in [1.807, 2.05) is 69.3 Å². The van der Waals surface area contributed by atoms with Crippen LogP contribution < -0.4 is 10.1 Å². The first-order chi connectivity index (χ1) is 16.4. The lowest BCUT2D eigenvalue weighted by Crippen LogP contribution is -2.51. The maximum Gasteiger partial charge on any atom is 0.261 e. The van der Waals surface area contributed by atoms with Crippen molar-refractivity contribution in [1.82, 2.24) is 10.2 Å². The van der Waals surface area contributed by atoms with Gasteiger partial charge in [-0.15, -0.1) is 0 Å². The molecule has 1 atom stereocenters. The van der Waals surface area contributed by atoms with Gasteiger partial charge in [0.25, 0.3) is 5.91 Å². The zero-order valence-electron chi connectivity index (χ0n) is 19.9. The number of hydrogen-bond acceptors (Lipinski definition) is 3. The number of aryl methyl sites for hydroxylation is 2. The van der Waals surface area contributed by atoms with Crippen LogP contribution in [0.2, 0.25) is 0 Å². The van der Waals surface area contributed by atoms with Gasteiger partial charge in [-0.25, -0.2) is 4.39 Å². The van der Waals surface area contributed by atoms with Gasteiger partial charge in [0.05, 0.1) is 0 Å². The fraction of sp³-hybridized carbons (Fsp3) is 0.286. The molecule has 0 saturated heterocycles. The fourth-order valence-electron chi connectivity index (χ4n) is 3.82. The zero-order valence-corrected chi connectivity index (χ0v) is 19.9. The van der Waals surface area contributed by atoms with Gasteiger partial charge >= 0.3 is 0 Å². The third-order valence-electron chi connectivity index (χ3n) is 5.57. The molecular formula is C28H31FN2O3. The Hall–Kier alpha value is -3.67. The van der Waals surface area contributed by atoms with Gasteiger partial charge < -0.3 is 15.0 Å². The first kappa shape index (κ1) is 25.0. The normalized spacial score (nSPS) is 11.5. The summed E-state index contributed by atoms with van der Waals surface area (Å²) in [5.74, 6) is -0.299. The fourth-order valence-corrected chi connectivity index (χ4v) is 3.82. The molecule has 0 aliphatic heterocycles. The minimum absolute atomic E-state index is 0.157. The van der Waals surface area contributed by atoms with Gasteiger partial charge in [-0.05, 0) is 55.7 Å². The third kappa shape index (κ3) is 6.91. The lowest BCUT2D eigenvalue weighted by molar-refractivity contribution is -0.142. The van der Waals surface area contributed by atoms with Crippen LogP contribution in [0.5, 0.6) is 5.75 Å². The molecule has 2 amide bonds. The van der Waals surface area contributed by atoms with Crippen molar-refractivity contribution < 1.29 is 18.7 Å². The zero-order chi connectivity index (χ0) is 24.5. The Bertz CT molecular complexity index is 1100. The molecule has 0 aromatic heterocycles. The molecule has 0 heterocycles. The van der Waals surface area contributed by atoms with Crippen molar-refractivity contribution in [1.29, 1.82) is 0 Å². The number of ether oxygens (including phenoxy) is 1. The Morgan fingerprint density at radius 1 is 0.971 bits per heavy atom. The van der Waals surface area contributed by atoms with Crippen LogP contribution in [0.25, 0.3) is 0 Å². The summed E-state index contributed by atoms with van der Waals surface area (Å²) in [6, 6.07) is 20.5. The van der Waals surface area contributed by atoms with Crippen molar-refractivity contribution in [3.8, 4) is 5.75 Å². The topological polar surface area (TPSA) is 58.6 Å². The smallest absolute Gasteiger partial charge is 0.261 e. The van der Waals surface area contributed by atoms with E-state index in [1.54, 1.807) is 12.1 Å². The second kappa shape index (κ2) is 12.0. The molecular weight excluding hydrogens is 431 g/mol. The lowest BCUT2D eigenvalue weighted by atomic mass is 10.0. The number of rotatable bonds is 10. The largest absolute Gasteiger partial charge is 0.483 e. The number of amides is 2. The van der Waals surface area contributed by atoms with Gasteiger partial charge in [0.15, 0.2) is 6.61 Å². The summed E-state index contributed by atoms with van der Waals surface area (Å²) in [6.45, 7) is 6.15. The van der Waals surface area contributed by atoms with E-state index in [2.05, 4.69) is 5.32 Å². The van der Waals surface area contributed by atoms with Crippen molar-refractivity contribution in [2.24, 2.45) is 0 Å². The Morgan fingerprint density at radius 3 is 2.32 bits per heavy atom. The molecule has 1 N–H and O–H groups in total. The Balaban J connectivity index is 1.89. The summed E-state index contributed by atoms with van der Waals surface area (Å²) in [5.41, 5.74) is 3.70. The molecule has 34 heavy (non-hydrogen) atoms. The van der Waals surface area contributed by atoms with Crippen LogP contribution >= 0.6 is 0 Å². The standard InChI is InChI=1S/C28H31FN2O3/c1-4-30-28(33)25(17-22-8-6-5-7-9-22)31(18-23-11-13-24(29)14-12-23)27(32)19-34-26-15-10-20(2)16-21(26)3/h5-16,25H,4,17-19H2,1-3H3,(H,30,33)/t25-/m0/s1. The van der Waals surface area contributed by atoms with Crippen LogP contribution in [0.15, 0.2) is 72.8 Å². The van der Waals surface area contributed by atoms with Crippen LogP contribution in [0.3, 0.4) is 0 Å². The molecule has 0 unspecified atom stereocenters. The van der Waals surface area contributed by atoms with Crippen LogP contribution in [-0.4, -0.2) is 35.9 Å². The number of nitrogens with one attached hydrogen (secondary N) is 1. The highest BCUT2D eigenvalue weighted by atomic mass is 19.1. The van der Waals surface area contributed by atoms with Crippen molar-refractivity contribution in [2.75, 3.05) is 13.2 Å². The van der Waals surface area contributed by atoms with Gasteiger partial charge in [0, 0.05) is 19.5 Å². The number of nitrogens with zero attached hydrogens (tertiary/aromatic N) is 1. The molecule has 3 aromatic carbocycles. The van der Waals surface area contributed by atoms with Gasteiger partial charge in [0.2, 0.25) is 5.91 Å². The molecule has 0 spiro atoms. The molecule has 0 aliphatic rings. The van der Waals surface area contributed by atoms with Crippen LogP contribution in [-0.2, 0) is 22.6 Å². The number of hydrogen-bond donors (Lipinski definition) is 1. The van der Waals surface area contributed by atoms with E-state index in [4.69, 9.17) is 4.74 Å². The third-order valence-corrected chi connectivity index (χ3v) is 5.57. The number of likely N-dealkylation sites (N-methyl/N-ethyl adjacent to an activating group) is 1. The van der Waals surface area contributed by atoms with Crippen LogP contribution in [0.1, 0.15) is 29.2 Å². The summed E-state index contributed by atoms with van der Waals surface area (Å²) in [4.78, 5) is 28.1. The van der Waals surface area contributed by atoms with E-state index in [-0.39, 0.29) is 30.8 Å². The molecule has 0 fully saturated rings. The summed E-state index contributed by atoms with van der Waals surface area (Å²) in [7, 11) is 0. The first-order valence-electron chi connectivity index (χ1n) is 11.4. The second-order valence-electron chi connectivity index (χ2n) is 8.31. The van der Waals surface area contributed by atoms with Gasteiger partial charge in [-0.3, -0.25) is 9.59 Å². The SMILES string of the molecule is CCNC(=O)[C@H](Cc1ccccc1)N(Cc1ccc(F)cc1)C(=O)COc1ccc(C)cc1C. The van der Waals surface area contributed by atoms with E-state index in [0.29, 0.717) is 18.7 Å². The Labute approximate surface area is 200 Å². The van der Waals surface area contributed by atoms with E-state index in [9.17, 15) is 14.0 Å². The summed E-state index contributed by atoms with van der Waals surface area (Å²) >= 11 is 0. The van der Waals surface area contributed by atoms with Crippen molar-refractivity contribution in [3.63, 3.8) is 0 Å².